The van der Waals surface area contributed by atoms with Crippen molar-refractivity contribution in [2.24, 2.45) is 0 Å². The molecule has 8 rings (SSSR count). The maximum Gasteiger partial charge on any atom is 0.300 e. The standard InChI is InChI=1S/C19H14ClFN4OS.C14H12ClN3O3S2.C7H8FN.C2H4O2.3CH4/c1-10-6-7-12(8-14(10)21)23-19-24-17-16(27-19)18(26)25(9-22-17)15-11(2)4-3-5-13(15)20;1-3-23(20,21)14-17-12-11(22-14)13(19)18(7-16-12)10-8(2)5-4-6-9(10)15;1-5-2-3-6(9)4-7(5)8;1-2(3)4;;;/h3-9H,1-2H3,(H,23,24);4-7H,3H2,1-2H3;2-4H,9H2,1H3;1H3,(H,3,4);3*1H4. The van der Waals surface area contributed by atoms with Gasteiger partial charge >= 0.3 is 0 Å². The van der Waals surface area contributed by atoms with Crippen LogP contribution in [0.2, 0.25) is 10.0 Å². The number of rotatable bonds is 6. The van der Waals surface area contributed by atoms with E-state index in [4.69, 9.17) is 38.8 Å². The van der Waals surface area contributed by atoms with E-state index in [0.29, 0.717) is 59.4 Å². The van der Waals surface area contributed by atoms with Gasteiger partial charge in [0.15, 0.2) is 16.4 Å². The number of thiazole rings is 2. The summed E-state index contributed by atoms with van der Waals surface area (Å²) in [5, 5.41) is 11.8. The van der Waals surface area contributed by atoms with Gasteiger partial charge in [-0.1, -0.05) is 111 Å². The van der Waals surface area contributed by atoms with Crippen molar-refractivity contribution < 1.29 is 27.1 Å². The van der Waals surface area contributed by atoms with Gasteiger partial charge in [-0.2, -0.15) is 4.98 Å². The first-order chi connectivity index (χ1) is 29.7. The Morgan fingerprint density at radius 3 is 1.64 bits per heavy atom. The smallest absolute Gasteiger partial charge is 0.300 e. The third kappa shape index (κ3) is 13.3. The molecule has 0 atom stereocenters. The highest BCUT2D eigenvalue weighted by atomic mass is 35.5. The fraction of sp³-hybridized carbons (Fsp3) is 0.222. The predicted octanol–water partition coefficient (Wildman–Crippen LogP) is 11.3. The van der Waals surface area contributed by atoms with E-state index < -0.39 is 15.8 Å². The van der Waals surface area contributed by atoms with Crippen molar-refractivity contribution in [3.63, 3.8) is 0 Å². The van der Waals surface area contributed by atoms with E-state index in [1.165, 1.54) is 52.2 Å². The number of aliphatic carboxylic acids is 1. The van der Waals surface area contributed by atoms with Gasteiger partial charge in [0.25, 0.3) is 17.1 Å². The van der Waals surface area contributed by atoms with Crippen LogP contribution in [-0.4, -0.2) is 54.3 Å². The summed E-state index contributed by atoms with van der Waals surface area (Å²) in [5.41, 5.74) is 10.1. The quantitative estimate of drug-likeness (QED) is 0.133. The van der Waals surface area contributed by atoms with Crippen LogP contribution >= 0.6 is 45.9 Å². The Morgan fingerprint density at radius 1 is 0.742 bits per heavy atom. The minimum absolute atomic E-state index is 0. The highest BCUT2D eigenvalue weighted by Crippen LogP contribution is 2.29. The number of nitrogens with one attached hydrogen (secondary N) is 1. The molecule has 4 heterocycles. The fourth-order valence-corrected chi connectivity index (χ4v) is 9.26. The number of aryl methyl sites for hydroxylation is 4. The number of aromatic nitrogens is 6. The van der Waals surface area contributed by atoms with Crippen LogP contribution in [0.1, 0.15) is 58.4 Å². The molecule has 4 aromatic carbocycles. The van der Waals surface area contributed by atoms with Crippen LogP contribution in [0.5, 0.6) is 0 Å². The van der Waals surface area contributed by atoms with Crippen molar-refractivity contribution in [3.8, 4) is 11.4 Å². The zero-order chi connectivity index (χ0) is 46.3. The molecule has 0 unspecified atom stereocenters. The minimum Gasteiger partial charge on any atom is -0.481 e. The molecular weight excluding hydrogens is 954 g/mol. The second kappa shape index (κ2) is 23.9. The lowest BCUT2D eigenvalue weighted by Crippen LogP contribution is -2.19. The molecule has 0 saturated carbocycles. The molecule has 4 N–H and O–H groups in total. The molecule has 0 amide bonds. The molecule has 0 radical (unpaired) electrons. The van der Waals surface area contributed by atoms with Crippen molar-refractivity contribution in [2.45, 2.75) is 68.2 Å². The topological polar surface area (TPSA) is 205 Å². The van der Waals surface area contributed by atoms with E-state index in [9.17, 15) is 26.8 Å². The number of nitrogens with zero attached hydrogens (tertiary/aromatic N) is 6. The Bertz CT molecular complexity index is 3190. The number of halogens is 4. The van der Waals surface area contributed by atoms with Crippen molar-refractivity contribution >= 4 is 98.9 Å². The number of carboxylic acid groups (broad SMARTS) is 1. The van der Waals surface area contributed by atoms with Gasteiger partial charge in [-0.25, -0.2) is 32.2 Å². The monoisotopic (exact) mass is 1000 g/mol. The lowest BCUT2D eigenvalue weighted by molar-refractivity contribution is -0.134. The van der Waals surface area contributed by atoms with E-state index in [2.05, 4.69) is 25.3 Å². The molecule has 4 aromatic heterocycles. The van der Waals surface area contributed by atoms with Crippen LogP contribution in [0.4, 0.5) is 25.3 Å². The van der Waals surface area contributed by atoms with Crippen LogP contribution in [0.25, 0.3) is 32.1 Å². The maximum absolute atomic E-state index is 13.7. The average Bonchev–Trinajstić information content (AvgIpc) is 3.86. The third-order valence-corrected chi connectivity index (χ3v) is 13.5. The summed E-state index contributed by atoms with van der Waals surface area (Å²) in [6.07, 6.45) is 2.74. The second-order valence-electron chi connectivity index (χ2n) is 13.5. The van der Waals surface area contributed by atoms with Gasteiger partial charge in [0.1, 0.15) is 33.7 Å². The maximum atomic E-state index is 13.7. The zero-order valence-electron chi connectivity index (χ0n) is 34.3. The van der Waals surface area contributed by atoms with E-state index >= 15 is 0 Å². The average molecular weight is 1000 g/mol. The third-order valence-electron chi connectivity index (χ3n) is 8.74. The Labute approximate surface area is 399 Å². The van der Waals surface area contributed by atoms with Gasteiger partial charge in [0, 0.05) is 18.3 Å². The van der Waals surface area contributed by atoms with Crippen LogP contribution in [0, 0.1) is 39.3 Å². The minimum atomic E-state index is -3.48. The Hall–Kier alpha value is -6.12. The van der Waals surface area contributed by atoms with E-state index in [0.717, 1.165) is 29.4 Å². The number of benzene rings is 4. The summed E-state index contributed by atoms with van der Waals surface area (Å²) >= 11 is 14.5. The number of carboxylic acids is 1. The van der Waals surface area contributed by atoms with Gasteiger partial charge in [0.05, 0.1) is 27.2 Å². The Balaban J connectivity index is 0.000000348. The second-order valence-corrected chi connectivity index (χ2v) is 18.7. The van der Waals surface area contributed by atoms with Crippen molar-refractivity contribution in [1.29, 1.82) is 0 Å². The largest absolute Gasteiger partial charge is 0.481 e. The van der Waals surface area contributed by atoms with Crippen LogP contribution in [0.15, 0.2) is 99.4 Å². The summed E-state index contributed by atoms with van der Waals surface area (Å²) in [6, 6.07) is 20.2. The number of anilines is 3. The Morgan fingerprint density at radius 2 is 1.20 bits per heavy atom. The first kappa shape index (κ1) is 56.0. The molecule has 0 spiro atoms. The molecule has 0 aliphatic rings. The lowest BCUT2D eigenvalue weighted by Gasteiger charge is -2.10. The lowest BCUT2D eigenvalue weighted by atomic mass is 10.2. The number of para-hydroxylation sites is 2. The number of nitrogens with two attached hydrogens (primary N) is 1. The van der Waals surface area contributed by atoms with Crippen LogP contribution in [-0.2, 0) is 14.6 Å². The zero-order valence-corrected chi connectivity index (χ0v) is 38.2. The van der Waals surface area contributed by atoms with Crippen molar-refractivity contribution in [3.05, 3.63) is 150 Å². The van der Waals surface area contributed by atoms with Gasteiger partial charge in [-0.15, -0.1) is 0 Å². The van der Waals surface area contributed by atoms with Crippen molar-refractivity contribution in [1.82, 2.24) is 29.1 Å². The molecule has 0 fully saturated rings. The molecule has 0 bridgehead atoms. The first-order valence-electron chi connectivity index (χ1n) is 18.5. The van der Waals surface area contributed by atoms with E-state index in [-0.39, 0.29) is 65.5 Å². The summed E-state index contributed by atoms with van der Waals surface area (Å²) in [5.74, 6) is -1.46. The SMILES string of the molecule is C.C.C.CC(=O)O.CCS(=O)(=O)c1nc2ncn(-c3c(C)cccc3Cl)c(=O)c2s1.Cc1ccc(N)cc1F.Cc1ccc(Nc2nc3ncn(-c4c(C)cccc4Cl)c(=O)c3s2)cc1F. The molecule has 0 aliphatic carbocycles. The molecule has 14 nitrogen and oxygen atoms in total. The highest BCUT2D eigenvalue weighted by Gasteiger charge is 2.21. The van der Waals surface area contributed by atoms with Gasteiger partial charge in [-0.05, 0) is 86.3 Å². The molecule has 66 heavy (non-hydrogen) atoms. The molecule has 352 valence electrons. The summed E-state index contributed by atoms with van der Waals surface area (Å²) in [4.78, 5) is 51.3. The summed E-state index contributed by atoms with van der Waals surface area (Å²) in [6.45, 7) is 9.72. The number of hydrogen-bond acceptors (Lipinski definition) is 13. The Kier molecular flexibility index (Phi) is 20.3. The predicted molar refractivity (Wildman–Crippen MR) is 267 cm³/mol. The van der Waals surface area contributed by atoms with Crippen LogP contribution in [0.3, 0.4) is 0 Å². The number of hydrogen-bond donors (Lipinski definition) is 3. The van der Waals surface area contributed by atoms with Crippen molar-refractivity contribution in [2.75, 3.05) is 16.8 Å². The first-order valence-corrected chi connectivity index (χ1v) is 22.5. The molecule has 0 aliphatic heterocycles. The molecule has 0 saturated heterocycles. The summed E-state index contributed by atoms with van der Waals surface area (Å²) < 4.78 is 53.3. The number of carbonyl (C=O) groups is 1. The van der Waals surface area contributed by atoms with Gasteiger partial charge < -0.3 is 16.2 Å². The number of nitrogen functional groups attached to an aromatic ring is 1. The highest BCUT2D eigenvalue weighted by molar-refractivity contribution is 7.93. The number of fused-ring (bicyclic) bond motifs is 2. The van der Waals surface area contributed by atoms with E-state index in [1.54, 1.807) is 56.3 Å². The van der Waals surface area contributed by atoms with Gasteiger partial charge in [0.2, 0.25) is 14.2 Å². The molecular formula is C45H50Cl2F2N8O6S3. The normalized spacial score (nSPS) is 10.4. The fourth-order valence-electron chi connectivity index (χ4n) is 5.50. The summed E-state index contributed by atoms with van der Waals surface area (Å²) in [7, 11) is -3.48. The molecule has 21 heteroatoms. The van der Waals surface area contributed by atoms with E-state index in [1.807, 2.05) is 32.0 Å². The van der Waals surface area contributed by atoms with Crippen LogP contribution < -0.4 is 22.2 Å². The number of sulfone groups is 1. The van der Waals surface area contributed by atoms with Gasteiger partial charge in [-0.3, -0.25) is 23.5 Å². The molecule has 8 aromatic rings.